The molecule has 1 N–H and O–H groups in total. The number of carbonyl (C=O) groups is 1. The summed E-state index contributed by atoms with van der Waals surface area (Å²) in [5.74, 6) is 0.982. The summed E-state index contributed by atoms with van der Waals surface area (Å²) in [6.07, 6.45) is 0. The maximum atomic E-state index is 12.5. The Morgan fingerprint density at radius 3 is 2.60 bits per heavy atom. The van der Waals surface area contributed by atoms with Crippen molar-refractivity contribution in [2.24, 2.45) is 0 Å². The van der Waals surface area contributed by atoms with E-state index >= 15 is 0 Å². The van der Waals surface area contributed by atoms with Gasteiger partial charge < -0.3 is 14.8 Å². The molecule has 0 spiro atoms. The van der Waals surface area contributed by atoms with Gasteiger partial charge in [-0.2, -0.15) is 0 Å². The normalized spacial score (nSPS) is 10.5. The summed E-state index contributed by atoms with van der Waals surface area (Å²) in [7, 11) is 1.59. The number of carbonyl (C=O) groups excluding carboxylic acids is 1. The summed E-state index contributed by atoms with van der Waals surface area (Å²) in [6.45, 7) is 2.36. The molecule has 5 nitrogen and oxygen atoms in total. The van der Waals surface area contributed by atoms with Gasteiger partial charge in [0.05, 0.1) is 19.2 Å². The van der Waals surface area contributed by atoms with Crippen LogP contribution < -0.4 is 14.8 Å². The number of hydrogen-bond donors (Lipinski definition) is 1. The van der Waals surface area contributed by atoms with Gasteiger partial charge in [-0.15, -0.1) is 0 Å². The van der Waals surface area contributed by atoms with Crippen LogP contribution in [0.4, 0.5) is 5.69 Å². The van der Waals surface area contributed by atoms with E-state index in [1.807, 2.05) is 6.92 Å². The Morgan fingerprint density at radius 2 is 1.92 bits per heavy atom. The van der Waals surface area contributed by atoms with Crippen LogP contribution in [0.2, 0.25) is 5.02 Å². The molecule has 0 saturated heterocycles. The molecule has 0 aliphatic carbocycles. The van der Waals surface area contributed by atoms with Crippen LogP contribution in [0.25, 0.3) is 10.9 Å². The molecule has 0 atom stereocenters. The van der Waals surface area contributed by atoms with Gasteiger partial charge in [-0.3, -0.25) is 4.79 Å². The lowest BCUT2D eigenvalue weighted by Gasteiger charge is -2.11. The van der Waals surface area contributed by atoms with E-state index in [0.717, 1.165) is 11.1 Å². The molecule has 1 amide bonds. The lowest BCUT2D eigenvalue weighted by molar-refractivity contribution is 0.102. The van der Waals surface area contributed by atoms with Crippen molar-refractivity contribution in [3.63, 3.8) is 0 Å². The fourth-order valence-corrected chi connectivity index (χ4v) is 2.60. The van der Waals surface area contributed by atoms with Crippen LogP contribution >= 0.6 is 11.6 Å². The number of methoxy groups -OCH3 is 1. The maximum Gasteiger partial charge on any atom is 0.274 e. The molecule has 0 bridgehead atoms. The Bertz CT molecular complexity index is 910. The zero-order valence-corrected chi connectivity index (χ0v) is 14.6. The highest BCUT2D eigenvalue weighted by molar-refractivity contribution is 6.31. The van der Waals surface area contributed by atoms with Gasteiger partial charge >= 0.3 is 0 Å². The van der Waals surface area contributed by atoms with E-state index in [9.17, 15) is 4.79 Å². The van der Waals surface area contributed by atoms with Gasteiger partial charge in [0, 0.05) is 22.2 Å². The minimum Gasteiger partial charge on any atom is -0.497 e. The number of halogens is 1. The molecule has 0 fully saturated rings. The van der Waals surface area contributed by atoms with Gasteiger partial charge in [-0.1, -0.05) is 11.6 Å². The number of ether oxygens (including phenoxy) is 2. The monoisotopic (exact) mass is 356 g/mol. The first kappa shape index (κ1) is 17.0. The van der Waals surface area contributed by atoms with Crippen molar-refractivity contribution in [3.8, 4) is 11.5 Å². The van der Waals surface area contributed by atoms with Crippen LogP contribution in [-0.4, -0.2) is 24.6 Å². The molecule has 25 heavy (non-hydrogen) atoms. The molecule has 0 unspecified atom stereocenters. The fraction of sp³-hybridized carbons (Fsp3) is 0.158. The van der Waals surface area contributed by atoms with Crippen molar-refractivity contribution < 1.29 is 14.3 Å². The highest BCUT2D eigenvalue weighted by Crippen LogP contribution is 2.28. The van der Waals surface area contributed by atoms with Gasteiger partial charge in [0.2, 0.25) is 0 Å². The average Bonchev–Trinajstić information content (AvgIpc) is 2.62. The molecular formula is C19H17ClN2O3. The summed E-state index contributed by atoms with van der Waals surface area (Å²) in [5.41, 5.74) is 1.58. The molecule has 2 aromatic carbocycles. The van der Waals surface area contributed by atoms with E-state index in [-0.39, 0.29) is 11.6 Å². The number of rotatable bonds is 5. The van der Waals surface area contributed by atoms with Crippen LogP contribution in [0.3, 0.4) is 0 Å². The van der Waals surface area contributed by atoms with Crippen LogP contribution in [-0.2, 0) is 0 Å². The summed E-state index contributed by atoms with van der Waals surface area (Å²) >= 11 is 6.05. The highest BCUT2D eigenvalue weighted by Gasteiger charge is 2.14. The van der Waals surface area contributed by atoms with Crippen molar-refractivity contribution in [1.29, 1.82) is 0 Å². The lowest BCUT2D eigenvalue weighted by atomic mass is 10.1. The van der Waals surface area contributed by atoms with E-state index in [2.05, 4.69) is 10.3 Å². The Labute approximate surface area is 150 Å². The quantitative estimate of drug-likeness (QED) is 0.728. The summed E-state index contributed by atoms with van der Waals surface area (Å²) in [4.78, 5) is 17.0. The Kier molecular flexibility index (Phi) is 5.05. The molecule has 3 rings (SSSR count). The topological polar surface area (TPSA) is 60.5 Å². The second-order valence-electron chi connectivity index (χ2n) is 5.28. The minimum absolute atomic E-state index is 0.272. The molecule has 3 aromatic rings. The molecule has 0 aliphatic rings. The molecule has 0 radical (unpaired) electrons. The van der Waals surface area contributed by atoms with Crippen LogP contribution in [0.5, 0.6) is 11.5 Å². The number of amides is 1. The van der Waals surface area contributed by atoms with Crippen molar-refractivity contribution in [2.45, 2.75) is 6.92 Å². The second kappa shape index (κ2) is 7.40. The third-order valence-corrected chi connectivity index (χ3v) is 3.85. The number of benzene rings is 2. The third-order valence-electron chi connectivity index (χ3n) is 3.61. The van der Waals surface area contributed by atoms with E-state index in [1.165, 1.54) is 0 Å². The first-order valence-electron chi connectivity index (χ1n) is 7.79. The number of fused-ring (bicyclic) bond motifs is 1. The molecule has 1 heterocycles. The molecule has 1 aromatic heterocycles. The predicted molar refractivity (Wildman–Crippen MR) is 98.9 cm³/mol. The number of nitrogens with one attached hydrogen (secondary N) is 1. The number of aromatic nitrogens is 1. The fourth-order valence-electron chi connectivity index (χ4n) is 2.43. The number of nitrogens with zero attached hydrogens (tertiary/aromatic N) is 1. The average molecular weight is 357 g/mol. The van der Waals surface area contributed by atoms with E-state index < -0.39 is 0 Å². The van der Waals surface area contributed by atoms with E-state index in [4.69, 9.17) is 21.1 Å². The highest BCUT2D eigenvalue weighted by atomic mass is 35.5. The molecule has 128 valence electrons. The molecular weight excluding hydrogens is 340 g/mol. The SMILES string of the molecule is CCOc1cc(C(=O)Nc2ccc(OC)cc2)nc2ccc(Cl)cc12. The molecule has 6 heteroatoms. The largest absolute Gasteiger partial charge is 0.497 e. The molecule has 0 aliphatic heterocycles. The first-order chi connectivity index (χ1) is 12.1. The Morgan fingerprint density at radius 1 is 1.16 bits per heavy atom. The summed E-state index contributed by atoms with van der Waals surface area (Å²) in [5, 5.41) is 4.18. The van der Waals surface area contributed by atoms with Crippen LogP contribution in [0.15, 0.2) is 48.5 Å². The Balaban J connectivity index is 1.93. The Hall–Kier alpha value is -2.79. The van der Waals surface area contributed by atoms with Crippen molar-refractivity contribution in [3.05, 3.63) is 59.2 Å². The zero-order valence-electron chi connectivity index (χ0n) is 13.9. The standard InChI is InChI=1S/C19H17ClN2O3/c1-3-25-18-11-17(22-16-9-4-12(20)10-15(16)18)19(23)21-13-5-7-14(24-2)8-6-13/h4-11H,3H2,1-2H3,(H,21,23). The van der Waals surface area contributed by atoms with Crippen LogP contribution in [0, 0.1) is 0 Å². The maximum absolute atomic E-state index is 12.5. The number of anilines is 1. The van der Waals surface area contributed by atoms with Crippen LogP contribution in [0.1, 0.15) is 17.4 Å². The van der Waals surface area contributed by atoms with Gasteiger partial charge in [-0.05, 0) is 49.4 Å². The van der Waals surface area contributed by atoms with Gasteiger partial charge in [0.1, 0.15) is 17.2 Å². The number of pyridine rings is 1. The smallest absolute Gasteiger partial charge is 0.274 e. The first-order valence-corrected chi connectivity index (χ1v) is 8.17. The molecule has 0 saturated carbocycles. The minimum atomic E-state index is -0.317. The van der Waals surface area contributed by atoms with Crippen molar-refractivity contribution in [2.75, 3.05) is 19.0 Å². The number of hydrogen-bond acceptors (Lipinski definition) is 4. The van der Waals surface area contributed by atoms with Crippen molar-refractivity contribution >= 4 is 34.1 Å². The van der Waals surface area contributed by atoms with E-state index in [0.29, 0.717) is 28.6 Å². The second-order valence-corrected chi connectivity index (χ2v) is 5.72. The zero-order chi connectivity index (χ0) is 17.8. The summed E-state index contributed by atoms with van der Waals surface area (Å²) < 4.78 is 10.8. The third kappa shape index (κ3) is 3.83. The van der Waals surface area contributed by atoms with Crippen molar-refractivity contribution in [1.82, 2.24) is 4.98 Å². The predicted octanol–water partition coefficient (Wildman–Crippen LogP) is 4.55. The van der Waals surface area contributed by atoms with Gasteiger partial charge in [0.15, 0.2) is 0 Å². The van der Waals surface area contributed by atoms with E-state index in [1.54, 1.807) is 55.6 Å². The van der Waals surface area contributed by atoms with Gasteiger partial charge in [-0.25, -0.2) is 4.98 Å². The van der Waals surface area contributed by atoms with Gasteiger partial charge in [0.25, 0.3) is 5.91 Å². The summed E-state index contributed by atoms with van der Waals surface area (Å²) in [6, 6.07) is 14.0. The lowest BCUT2D eigenvalue weighted by Crippen LogP contribution is -2.14.